The number of anilines is 1. The van der Waals surface area contributed by atoms with Crippen molar-refractivity contribution in [3.63, 3.8) is 0 Å². The zero-order chi connectivity index (χ0) is 25.4. The van der Waals surface area contributed by atoms with E-state index in [1.54, 1.807) is 30.3 Å². The number of carbonyl (C=O) groups is 3. The van der Waals surface area contributed by atoms with Gasteiger partial charge in [0.15, 0.2) is 11.5 Å². The Balaban J connectivity index is 1.42. The molecule has 5 rings (SSSR count). The van der Waals surface area contributed by atoms with Crippen molar-refractivity contribution in [2.24, 2.45) is 0 Å². The highest BCUT2D eigenvalue weighted by Crippen LogP contribution is 2.37. The van der Waals surface area contributed by atoms with E-state index in [0.717, 1.165) is 14.0 Å². The summed E-state index contributed by atoms with van der Waals surface area (Å²) in [6, 6.07) is 14.7. The number of fused-ring (bicyclic) bond motifs is 1. The Bertz CT molecular complexity index is 1440. The third kappa shape index (κ3) is 4.80. The molecule has 0 atom stereocenters. The maximum atomic E-state index is 13.2. The van der Waals surface area contributed by atoms with Gasteiger partial charge in [-0.25, -0.2) is 9.69 Å². The molecule has 0 unspecified atom stereocenters. The van der Waals surface area contributed by atoms with Crippen LogP contribution in [0, 0.1) is 3.57 Å². The standard InChI is InChI=1S/C25H15BrClIN2O6/c26-17-8-13(9-19(28)22(17)34-11-14-3-1-2-4-18(14)27)7-16-23(31)29-25(33)30(24(16)32)15-5-6-20-21(10-15)36-12-35-20/h1-10H,11-12H2,(H,29,31,33)/b16-7+. The lowest BCUT2D eigenvalue weighted by Crippen LogP contribution is -2.54. The van der Waals surface area contributed by atoms with Crippen LogP contribution in [0.2, 0.25) is 5.02 Å². The first-order valence-electron chi connectivity index (χ1n) is 10.5. The molecule has 1 fully saturated rings. The summed E-state index contributed by atoms with van der Waals surface area (Å²) in [4.78, 5) is 39.2. The van der Waals surface area contributed by atoms with E-state index in [-0.39, 0.29) is 24.7 Å². The summed E-state index contributed by atoms with van der Waals surface area (Å²) in [6.07, 6.45) is 1.43. The first-order valence-corrected chi connectivity index (χ1v) is 12.7. The zero-order valence-corrected chi connectivity index (χ0v) is 22.7. The first kappa shape index (κ1) is 24.6. The topological polar surface area (TPSA) is 94.2 Å². The van der Waals surface area contributed by atoms with Gasteiger partial charge in [-0.2, -0.15) is 0 Å². The Morgan fingerprint density at radius 2 is 1.86 bits per heavy atom. The average molecular weight is 682 g/mol. The molecule has 0 radical (unpaired) electrons. The number of hydrogen-bond acceptors (Lipinski definition) is 6. The molecule has 0 aliphatic carbocycles. The molecule has 0 aromatic heterocycles. The third-order valence-corrected chi connectivity index (χ3v) is 7.14. The number of imide groups is 2. The van der Waals surface area contributed by atoms with Crippen LogP contribution in [0.5, 0.6) is 17.2 Å². The number of amides is 4. The van der Waals surface area contributed by atoms with Crippen LogP contribution in [-0.2, 0) is 16.2 Å². The first-order chi connectivity index (χ1) is 17.3. The summed E-state index contributed by atoms with van der Waals surface area (Å²) >= 11 is 11.8. The second-order valence-corrected chi connectivity index (χ2v) is 10.1. The molecular formula is C25H15BrClIN2O6. The van der Waals surface area contributed by atoms with E-state index in [9.17, 15) is 14.4 Å². The van der Waals surface area contributed by atoms with Crippen LogP contribution in [0.3, 0.4) is 0 Å². The van der Waals surface area contributed by atoms with Crippen LogP contribution >= 0.6 is 50.1 Å². The fourth-order valence-electron chi connectivity index (χ4n) is 3.65. The van der Waals surface area contributed by atoms with Gasteiger partial charge in [0.25, 0.3) is 11.8 Å². The molecule has 36 heavy (non-hydrogen) atoms. The number of ether oxygens (including phenoxy) is 3. The van der Waals surface area contributed by atoms with Gasteiger partial charge in [0, 0.05) is 16.7 Å². The molecule has 1 saturated heterocycles. The normalized spacial score (nSPS) is 15.9. The van der Waals surface area contributed by atoms with Crippen molar-refractivity contribution in [3.05, 3.63) is 84.4 Å². The number of hydrogen-bond donors (Lipinski definition) is 1. The number of nitrogens with one attached hydrogen (secondary N) is 1. The maximum absolute atomic E-state index is 13.2. The van der Waals surface area contributed by atoms with Crippen LogP contribution in [0.4, 0.5) is 10.5 Å². The van der Waals surface area contributed by atoms with Gasteiger partial charge in [-0.3, -0.25) is 14.9 Å². The minimum atomic E-state index is -0.847. The van der Waals surface area contributed by atoms with Gasteiger partial charge in [-0.1, -0.05) is 29.8 Å². The molecule has 0 saturated carbocycles. The minimum absolute atomic E-state index is 0.0498. The fraction of sp³-hybridized carbons (Fsp3) is 0.0800. The highest BCUT2D eigenvalue weighted by molar-refractivity contribution is 14.1. The lowest BCUT2D eigenvalue weighted by molar-refractivity contribution is -0.122. The van der Waals surface area contributed by atoms with E-state index in [2.05, 4.69) is 43.8 Å². The maximum Gasteiger partial charge on any atom is 0.335 e. The lowest BCUT2D eigenvalue weighted by Gasteiger charge is -2.26. The van der Waals surface area contributed by atoms with Crippen molar-refractivity contribution in [2.75, 3.05) is 11.7 Å². The smallest absolute Gasteiger partial charge is 0.335 e. The second-order valence-electron chi connectivity index (χ2n) is 7.69. The molecule has 2 aliphatic heterocycles. The van der Waals surface area contributed by atoms with Crippen molar-refractivity contribution in [2.45, 2.75) is 6.61 Å². The van der Waals surface area contributed by atoms with E-state index in [1.165, 1.54) is 12.1 Å². The third-order valence-electron chi connectivity index (χ3n) is 5.38. The number of barbiturate groups is 1. The molecule has 2 heterocycles. The summed E-state index contributed by atoms with van der Waals surface area (Å²) in [5.41, 5.74) is 1.46. The largest absolute Gasteiger partial charge is 0.487 e. The molecule has 2 aliphatic rings. The Labute approximate surface area is 232 Å². The lowest BCUT2D eigenvalue weighted by atomic mass is 10.1. The van der Waals surface area contributed by atoms with Gasteiger partial charge in [-0.05, 0) is 80.5 Å². The van der Waals surface area contributed by atoms with Crippen LogP contribution < -0.4 is 24.4 Å². The number of nitrogens with zero attached hydrogens (tertiary/aromatic N) is 1. The van der Waals surface area contributed by atoms with Gasteiger partial charge in [-0.15, -0.1) is 0 Å². The number of rotatable bonds is 5. The molecule has 0 bridgehead atoms. The van der Waals surface area contributed by atoms with Gasteiger partial charge in [0.2, 0.25) is 6.79 Å². The molecule has 8 nitrogen and oxygen atoms in total. The predicted octanol–water partition coefficient (Wildman–Crippen LogP) is 5.68. The minimum Gasteiger partial charge on any atom is -0.487 e. The van der Waals surface area contributed by atoms with E-state index in [1.807, 2.05) is 18.2 Å². The van der Waals surface area contributed by atoms with Gasteiger partial charge >= 0.3 is 6.03 Å². The molecule has 1 N–H and O–H groups in total. The van der Waals surface area contributed by atoms with Crippen molar-refractivity contribution in [3.8, 4) is 17.2 Å². The fourth-order valence-corrected chi connectivity index (χ4v) is 5.61. The molecule has 182 valence electrons. The number of benzene rings is 3. The van der Waals surface area contributed by atoms with Crippen LogP contribution in [0.15, 0.2) is 64.6 Å². The summed E-state index contributed by atoms with van der Waals surface area (Å²) in [5.74, 6) is -0.0395. The van der Waals surface area contributed by atoms with E-state index in [4.69, 9.17) is 25.8 Å². The van der Waals surface area contributed by atoms with Crippen LogP contribution in [0.1, 0.15) is 11.1 Å². The average Bonchev–Trinajstić information content (AvgIpc) is 3.30. The van der Waals surface area contributed by atoms with E-state index >= 15 is 0 Å². The molecule has 0 spiro atoms. The molecule has 3 aromatic rings. The van der Waals surface area contributed by atoms with Crippen molar-refractivity contribution >= 4 is 79.7 Å². The summed E-state index contributed by atoms with van der Waals surface area (Å²) in [5, 5.41) is 2.82. The SMILES string of the molecule is O=C1NC(=O)N(c2ccc3c(c2)OCO3)C(=O)/C1=C/c1cc(Br)c(OCc2ccccc2Cl)c(I)c1. The highest BCUT2D eigenvalue weighted by Gasteiger charge is 2.37. The van der Waals surface area contributed by atoms with Crippen LogP contribution in [-0.4, -0.2) is 24.6 Å². The Kier molecular flexibility index (Phi) is 6.91. The van der Waals surface area contributed by atoms with Gasteiger partial charge < -0.3 is 14.2 Å². The number of urea groups is 1. The molecule has 11 heteroatoms. The summed E-state index contributed by atoms with van der Waals surface area (Å²) in [7, 11) is 0. The molecule has 3 aromatic carbocycles. The van der Waals surface area contributed by atoms with E-state index < -0.39 is 17.8 Å². The summed E-state index contributed by atoms with van der Waals surface area (Å²) in [6.45, 7) is 0.316. The Morgan fingerprint density at radius 3 is 2.64 bits per heavy atom. The Morgan fingerprint density at radius 1 is 1.08 bits per heavy atom. The quantitative estimate of drug-likeness (QED) is 0.212. The second kappa shape index (κ2) is 10.1. The number of carbonyl (C=O) groups excluding carboxylic acids is 3. The predicted molar refractivity (Wildman–Crippen MR) is 144 cm³/mol. The number of halogens is 3. The molecular weight excluding hydrogens is 667 g/mol. The highest BCUT2D eigenvalue weighted by atomic mass is 127. The van der Waals surface area contributed by atoms with Gasteiger partial charge in [0.05, 0.1) is 13.7 Å². The van der Waals surface area contributed by atoms with E-state index in [0.29, 0.717) is 32.3 Å². The summed E-state index contributed by atoms with van der Waals surface area (Å²) < 4.78 is 18.0. The van der Waals surface area contributed by atoms with Crippen molar-refractivity contribution < 1.29 is 28.6 Å². The molecule has 4 amide bonds. The monoisotopic (exact) mass is 680 g/mol. The van der Waals surface area contributed by atoms with Crippen molar-refractivity contribution in [1.29, 1.82) is 0 Å². The Hall–Kier alpha value is -3.09. The van der Waals surface area contributed by atoms with Crippen LogP contribution in [0.25, 0.3) is 6.08 Å². The van der Waals surface area contributed by atoms with Gasteiger partial charge in [0.1, 0.15) is 17.9 Å². The van der Waals surface area contributed by atoms with Crippen molar-refractivity contribution in [1.82, 2.24) is 5.32 Å². The zero-order valence-electron chi connectivity index (χ0n) is 18.2.